The van der Waals surface area contributed by atoms with Crippen LogP contribution in [0, 0.1) is 0 Å². The Bertz CT molecular complexity index is 721. The largest absolute Gasteiger partial charge is 0.465 e. The van der Waals surface area contributed by atoms with E-state index in [0.717, 1.165) is 0 Å². The summed E-state index contributed by atoms with van der Waals surface area (Å²) in [6, 6.07) is 1.52. The molecule has 2 aromatic heterocycles. The number of carbonyl (C=O) groups excluding carboxylic acids is 1. The van der Waals surface area contributed by atoms with Gasteiger partial charge in [0.25, 0.3) is 5.92 Å². The van der Waals surface area contributed by atoms with Gasteiger partial charge in [0, 0.05) is 32.1 Å². The van der Waals surface area contributed by atoms with E-state index in [-0.39, 0.29) is 42.8 Å². The standard InChI is InChI=1S/C13H15F2N5O2/c1-22-11(21)9-8(16)2-5-20-10(9)17-12(18-20)19-6-3-13(14,15)4-7-19/h2,5H,3-4,6-7,16H2,1H3. The van der Waals surface area contributed by atoms with Gasteiger partial charge in [-0.15, -0.1) is 5.10 Å². The van der Waals surface area contributed by atoms with Crippen LogP contribution >= 0.6 is 0 Å². The van der Waals surface area contributed by atoms with Gasteiger partial charge < -0.3 is 15.4 Å². The first-order valence-corrected chi connectivity index (χ1v) is 6.77. The van der Waals surface area contributed by atoms with Gasteiger partial charge in [-0.2, -0.15) is 4.98 Å². The molecule has 2 N–H and O–H groups in total. The number of esters is 1. The zero-order valence-electron chi connectivity index (χ0n) is 11.9. The molecular weight excluding hydrogens is 296 g/mol. The maximum absolute atomic E-state index is 13.2. The van der Waals surface area contributed by atoms with Crippen LogP contribution < -0.4 is 10.6 Å². The SMILES string of the molecule is COC(=O)c1c(N)ccn2nc(N3CCC(F)(F)CC3)nc12. The van der Waals surface area contributed by atoms with Crippen LogP contribution in [-0.2, 0) is 4.74 Å². The number of hydrogen-bond acceptors (Lipinski definition) is 6. The summed E-state index contributed by atoms with van der Waals surface area (Å²) in [5, 5.41) is 4.23. The van der Waals surface area contributed by atoms with Crippen molar-refractivity contribution in [2.45, 2.75) is 18.8 Å². The molecule has 3 heterocycles. The molecule has 2 aromatic rings. The fourth-order valence-electron chi connectivity index (χ4n) is 2.43. The van der Waals surface area contributed by atoms with Crippen LogP contribution in [0.15, 0.2) is 12.3 Å². The quantitative estimate of drug-likeness (QED) is 0.842. The van der Waals surface area contributed by atoms with E-state index in [4.69, 9.17) is 10.5 Å². The predicted octanol–water partition coefficient (Wildman–Crippen LogP) is 1.33. The Morgan fingerprint density at radius 1 is 1.41 bits per heavy atom. The Balaban J connectivity index is 1.98. The summed E-state index contributed by atoms with van der Waals surface area (Å²) in [4.78, 5) is 17.8. The van der Waals surface area contributed by atoms with Gasteiger partial charge >= 0.3 is 5.97 Å². The molecule has 1 fully saturated rings. The van der Waals surface area contributed by atoms with Crippen LogP contribution in [0.25, 0.3) is 5.65 Å². The average molecular weight is 311 g/mol. The molecule has 0 radical (unpaired) electrons. The number of piperidine rings is 1. The summed E-state index contributed by atoms with van der Waals surface area (Å²) in [5.74, 6) is -2.96. The van der Waals surface area contributed by atoms with Gasteiger partial charge in [0.1, 0.15) is 5.56 Å². The van der Waals surface area contributed by atoms with E-state index >= 15 is 0 Å². The second-order valence-electron chi connectivity index (χ2n) is 5.16. The lowest BCUT2D eigenvalue weighted by Gasteiger charge is -2.30. The van der Waals surface area contributed by atoms with Gasteiger partial charge in [-0.1, -0.05) is 0 Å². The molecule has 22 heavy (non-hydrogen) atoms. The highest BCUT2D eigenvalue weighted by atomic mass is 19.3. The van der Waals surface area contributed by atoms with Gasteiger partial charge in [-0.3, -0.25) is 0 Å². The maximum Gasteiger partial charge on any atom is 0.343 e. The number of ether oxygens (including phenoxy) is 1. The number of nitrogens with two attached hydrogens (primary N) is 1. The molecule has 0 aliphatic carbocycles. The Labute approximate surface area is 124 Å². The summed E-state index contributed by atoms with van der Waals surface area (Å²) in [6.07, 6.45) is 1.08. The molecule has 0 spiro atoms. The minimum absolute atomic E-state index is 0.117. The molecule has 0 atom stereocenters. The molecule has 3 rings (SSSR count). The van der Waals surface area contributed by atoms with Gasteiger partial charge in [0.15, 0.2) is 5.65 Å². The number of carbonyl (C=O) groups is 1. The third-order valence-electron chi connectivity index (χ3n) is 3.69. The van der Waals surface area contributed by atoms with Crippen LogP contribution in [-0.4, -0.2) is 46.7 Å². The lowest BCUT2D eigenvalue weighted by Crippen LogP contribution is -2.39. The summed E-state index contributed by atoms with van der Waals surface area (Å²) in [5.41, 5.74) is 6.38. The molecule has 0 aromatic carbocycles. The van der Waals surface area contributed by atoms with Gasteiger partial charge in [0.05, 0.1) is 12.8 Å². The zero-order valence-corrected chi connectivity index (χ0v) is 11.9. The van der Waals surface area contributed by atoms with Crippen LogP contribution in [0.1, 0.15) is 23.2 Å². The number of fused-ring (bicyclic) bond motifs is 1. The number of nitrogen functional groups attached to an aromatic ring is 1. The minimum atomic E-state index is -2.64. The number of rotatable bonds is 2. The lowest BCUT2D eigenvalue weighted by molar-refractivity contribution is -0.0222. The second kappa shape index (κ2) is 5.08. The van der Waals surface area contributed by atoms with E-state index in [1.165, 1.54) is 17.7 Å². The third-order valence-corrected chi connectivity index (χ3v) is 3.69. The fourth-order valence-corrected chi connectivity index (χ4v) is 2.43. The van der Waals surface area contributed by atoms with Gasteiger partial charge in [0.2, 0.25) is 5.95 Å². The number of hydrogen-bond donors (Lipinski definition) is 1. The summed E-state index contributed by atoms with van der Waals surface area (Å²) in [7, 11) is 1.25. The zero-order chi connectivity index (χ0) is 15.9. The van der Waals surface area contributed by atoms with Crippen molar-refractivity contribution < 1.29 is 18.3 Å². The van der Waals surface area contributed by atoms with E-state index in [0.29, 0.717) is 5.95 Å². The van der Waals surface area contributed by atoms with E-state index in [2.05, 4.69) is 10.1 Å². The molecular formula is C13H15F2N5O2. The van der Waals surface area contributed by atoms with Crippen molar-refractivity contribution >= 4 is 23.3 Å². The Hall–Kier alpha value is -2.45. The van der Waals surface area contributed by atoms with Crippen molar-refractivity contribution in [3.8, 4) is 0 Å². The third kappa shape index (κ3) is 2.42. The number of aromatic nitrogens is 3. The molecule has 0 bridgehead atoms. The average Bonchev–Trinajstić information content (AvgIpc) is 2.90. The molecule has 1 aliphatic rings. The second-order valence-corrected chi connectivity index (χ2v) is 5.16. The summed E-state index contributed by atoms with van der Waals surface area (Å²) in [6.45, 7) is 0.319. The van der Waals surface area contributed by atoms with Gasteiger partial charge in [-0.25, -0.2) is 18.1 Å². The van der Waals surface area contributed by atoms with Gasteiger partial charge in [-0.05, 0) is 6.07 Å². The molecule has 118 valence electrons. The normalized spacial score (nSPS) is 17.7. The van der Waals surface area contributed by atoms with E-state index in [1.807, 2.05) is 0 Å². The Morgan fingerprint density at radius 3 is 2.73 bits per heavy atom. The van der Waals surface area contributed by atoms with Crippen molar-refractivity contribution in [1.29, 1.82) is 0 Å². The first-order chi connectivity index (χ1) is 10.4. The Kier molecular flexibility index (Phi) is 3.34. The number of alkyl halides is 2. The van der Waals surface area contributed by atoms with E-state index < -0.39 is 11.9 Å². The highest BCUT2D eigenvalue weighted by molar-refractivity contribution is 6.01. The molecule has 0 amide bonds. The number of anilines is 2. The molecule has 9 heteroatoms. The number of pyridine rings is 1. The van der Waals surface area contributed by atoms with Crippen molar-refractivity contribution in [2.24, 2.45) is 0 Å². The molecule has 0 saturated carbocycles. The van der Waals surface area contributed by atoms with Crippen molar-refractivity contribution in [3.63, 3.8) is 0 Å². The topological polar surface area (TPSA) is 85.8 Å². The van der Waals surface area contributed by atoms with Crippen LogP contribution in [0.2, 0.25) is 0 Å². The smallest absolute Gasteiger partial charge is 0.343 e. The first kappa shape index (κ1) is 14.5. The van der Waals surface area contributed by atoms with Crippen LogP contribution in [0.4, 0.5) is 20.4 Å². The van der Waals surface area contributed by atoms with Crippen molar-refractivity contribution in [1.82, 2.24) is 14.6 Å². The van der Waals surface area contributed by atoms with E-state index in [9.17, 15) is 13.6 Å². The lowest BCUT2D eigenvalue weighted by atomic mass is 10.1. The monoisotopic (exact) mass is 311 g/mol. The molecule has 1 saturated heterocycles. The number of halogens is 2. The highest BCUT2D eigenvalue weighted by Crippen LogP contribution is 2.30. The molecule has 0 unspecified atom stereocenters. The number of nitrogens with zero attached hydrogens (tertiary/aromatic N) is 4. The van der Waals surface area contributed by atoms with E-state index in [1.54, 1.807) is 11.1 Å². The fraction of sp³-hybridized carbons (Fsp3) is 0.462. The first-order valence-electron chi connectivity index (χ1n) is 6.77. The van der Waals surface area contributed by atoms with Crippen LogP contribution in [0.3, 0.4) is 0 Å². The highest BCUT2D eigenvalue weighted by Gasteiger charge is 2.35. The molecule has 7 nitrogen and oxygen atoms in total. The number of methoxy groups -OCH3 is 1. The summed E-state index contributed by atoms with van der Waals surface area (Å²) < 4.78 is 32.5. The van der Waals surface area contributed by atoms with Crippen LogP contribution in [0.5, 0.6) is 0 Å². The predicted molar refractivity (Wildman–Crippen MR) is 75.1 cm³/mol. The summed E-state index contributed by atoms with van der Waals surface area (Å²) >= 11 is 0. The van der Waals surface area contributed by atoms with Crippen molar-refractivity contribution in [3.05, 3.63) is 17.8 Å². The molecule has 1 aliphatic heterocycles. The Morgan fingerprint density at radius 2 is 2.09 bits per heavy atom. The van der Waals surface area contributed by atoms with Crippen molar-refractivity contribution in [2.75, 3.05) is 30.8 Å². The maximum atomic E-state index is 13.2. The minimum Gasteiger partial charge on any atom is -0.465 e.